The molecule has 0 aliphatic heterocycles. The minimum atomic E-state index is 0.673. The fourth-order valence-corrected chi connectivity index (χ4v) is 8.51. The van der Waals surface area contributed by atoms with Crippen LogP contribution in [-0.4, -0.2) is 19.1 Å². The second kappa shape index (κ2) is 13.1. The van der Waals surface area contributed by atoms with Crippen LogP contribution in [0.4, 0.5) is 0 Å². The molecule has 262 valence electrons. The monoisotopic (exact) mass is 714 g/mol. The third-order valence-corrected chi connectivity index (χ3v) is 10.9. The first-order chi connectivity index (χ1) is 27.8. The molecule has 0 radical (unpaired) electrons. The van der Waals surface area contributed by atoms with Crippen molar-refractivity contribution in [1.82, 2.24) is 19.1 Å². The lowest BCUT2D eigenvalue weighted by Crippen LogP contribution is -2.02. The molecule has 0 saturated carbocycles. The molecular weight excluding hydrogens is 681 g/mol. The van der Waals surface area contributed by atoms with Gasteiger partial charge >= 0.3 is 0 Å². The van der Waals surface area contributed by atoms with Gasteiger partial charge in [-0.3, -0.25) is 0 Å². The van der Waals surface area contributed by atoms with E-state index in [0.29, 0.717) is 5.82 Å². The molecule has 3 aromatic heterocycles. The average Bonchev–Trinajstić information content (AvgIpc) is 3.80. The Bertz CT molecular complexity index is 3160. The van der Waals surface area contributed by atoms with Crippen LogP contribution in [0.15, 0.2) is 206 Å². The summed E-state index contributed by atoms with van der Waals surface area (Å²) in [6.45, 7) is 0. The SMILES string of the molecule is c1ccc(-c2cc(-c3ccccc3)nc(-c3ccc4c5ccccc5n(-c5ccccc5)c4c3-c3cccc4c5ccccc5n(-c5ccccc5)c34)n2)cc1. The van der Waals surface area contributed by atoms with E-state index in [-0.39, 0.29) is 0 Å². The van der Waals surface area contributed by atoms with E-state index in [2.05, 4.69) is 203 Å². The predicted molar refractivity (Wildman–Crippen MR) is 232 cm³/mol. The lowest BCUT2D eigenvalue weighted by molar-refractivity contribution is 1.16. The van der Waals surface area contributed by atoms with E-state index < -0.39 is 0 Å². The molecule has 0 fully saturated rings. The van der Waals surface area contributed by atoms with Gasteiger partial charge in [0, 0.05) is 60.7 Å². The smallest absolute Gasteiger partial charge is 0.161 e. The van der Waals surface area contributed by atoms with Crippen molar-refractivity contribution in [3.63, 3.8) is 0 Å². The second-order valence-electron chi connectivity index (χ2n) is 14.2. The van der Waals surface area contributed by atoms with Crippen LogP contribution < -0.4 is 0 Å². The molecule has 56 heavy (non-hydrogen) atoms. The maximum absolute atomic E-state index is 5.42. The van der Waals surface area contributed by atoms with E-state index in [1.165, 1.54) is 21.5 Å². The second-order valence-corrected chi connectivity index (χ2v) is 14.2. The summed E-state index contributed by atoms with van der Waals surface area (Å²) in [6, 6.07) is 73.1. The minimum Gasteiger partial charge on any atom is -0.309 e. The highest BCUT2D eigenvalue weighted by atomic mass is 15.0. The van der Waals surface area contributed by atoms with Gasteiger partial charge in [0.15, 0.2) is 5.82 Å². The molecule has 8 aromatic carbocycles. The van der Waals surface area contributed by atoms with Crippen LogP contribution in [0.3, 0.4) is 0 Å². The van der Waals surface area contributed by atoms with Crippen LogP contribution in [0.1, 0.15) is 0 Å². The van der Waals surface area contributed by atoms with Gasteiger partial charge in [-0.15, -0.1) is 0 Å². The maximum atomic E-state index is 5.42. The summed E-state index contributed by atoms with van der Waals surface area (Å²) in [4.78, 5) is 10.8. The van der Waals surface area contributed by atoms with E-state index in [9.17, 15) is 0 Å². The van der Waals surface area contributed by atoms with Gasteiger partial charge in [0.2, 0.25) is 0 Å². The summed E-state index contributed by atoms with van der Waals surface area (Å²) >= 11 is 0. The minimum absolute atomic E-state index is 0.673. The predicted octanol–water partition coefficient (Wildman–Crippen LogP) is 13.3. The van der Waals surface area contributed by atoms with Crippen molar-refractivity contribution in [3.05, 3.63) is 206 Å². The molecule has 0 saturated heterocycles. The Morgan fingerprint density at radius 1 is 0.321 bits per heavy atom. The molecule has 0 bridgehead atoms. The Morgan fingerprint density at radius 3 is 1.32 bits per heavy atom. The molecule has 3 heterocycles. The molecule has 0 spiro atoms. The van der Waals surface area contributed by atoms with Crippen molar-refractivity contribution in [1.29, 1.82) is 0 Å². The molecule has 0 aliphatic rings. The van der Waals surface area contributed by atoms with Gasteiger partial charge in [-0.25, -0.2) is 9.97 Å². The Kier molecular flexibility index (Phi) is 7.46. The van der Waals surface area contributed by atoms with E-state index in [1.807, 2.05) is 12.1 Å². The van der Waals surface area contributed by atoms with Crippen molar-refractivity contribution in [2.45, 2.75) is 0 Å². The van der Waals surface area contributed by atoms with Crippen LogP contribution in [0.5, 0.6) is 0 Å². The molecular formula is C52H34N4. The number of aromatic nitrogens is 4. The Labute approximate surface area is 324 Å². The zero-order valence-corrected chi connectivity index (χ0v) is 30.4. The van der Waals surface area contributed by atoms with Gasteiger partial charge in [0.05, 0.1) is 33.5 Å². The zero-order chi connectivity index (χ0) is 37.0. The molecule has 0 aliphatic carbocycles. The summed E-state index contributed by atoms with van der Waals surface area (Å²) in [5.74, 6) is 0.673. The third-order valence-electron chi connectivity index (χ3n) is 10.9. The summed E-state index contributed by atoms with van der Waals surface area (Å²) in [5.41, 5.74) is 13.7. The number of rotatable bonds is 6. The Morgan fingerprint density at radius 2 is 0.768 bits per heavy atom. The quantitative estimate of drug-likeness (QED) is 0.172. The molecule has 4 nitrogen and oxygen atoms in total. The van der Waals surface area contributed by atoms with Crippen molar-refractivity contribution < 1.29 is 0 Å². The lowest BCUT2D eigenvalue weighted by atomic mass is 9.93. The highest BCUT2D eigenvalue weighted by Gasteiger charge is 2.25. The van der Waals surface area contributed by atoms with Crippen LogP contribution >= 0.6 is 0 Å². The number of benzene rings is 8. The van der Waals surface area contributed by atoms with Gasteiger partial charge in [-0.05, 0) is 48.5 Å². The van der Waals surface area contributed by atoms with Gasteiger partial charge in [0.1, 0.15) is 0 Å². The largest absolute Gasteiger partial charge is 0.309 e. The van der Waals surface area contributed by atoms with Gasteiger partial charge < -0.3 is 9.13 Å². The Hall–Kier alpha value is -7.56. The number of fused-ring (bicyclic) bond motifs is 6. The normalized spacial score (nSPS) is 11.6. The van der Waals surface area contributed by atoms with Gasteiger partial charge in [0.25, 0.3) is 0 Å². The van der Waals surface area contributed by atoms with Crippen LogP contribution in [-0.2, 0) is 0 Å². The van der Waals surface area contributed by atoms with Gasteiger partial charge in [-0.1, -0.05) is 158 Å². The standard InChI is InChI=1S/C52H34N4/c1-5-18-35(19-6-1)45-34-46(36-20-7-2-8-21-36)54-52(53-45)44-33-32-42-40-27-14-16-31-48(40)56(38-24-11-4-12-25-38)51(42)49(44)43-29-17-28-41-39-26-13-15-30-47(39)55(50(41)43)37-22-9-3-10-23-37/h1-34H. The molecule has 11 rings (SSSR count). The molecule has 0 amide bonds. The molecule has 4 heteroatoms. The summed E-state index contributed by atoms with van der Waals surface area (Å²) in [7, 11) is 0. The summed E-state index contributed by atoms with van der Waals surface area (Å²) < 4.78 is 4.85. The first-order valence-electron chi connectivity index (χ1n) is 19.0. The number of hydrogen-bond acceptors (Lipinski definition) is 2. The lowest BCUT2D eigenvalue weighted by Gasteiger charge is -2.18. The van der Waals surface area contributed by atoms with Crippen molar-refractivity contribution >= 4 is 43.6 Å². The fraction of sp³-hybridized carbons (Fsp3) is 0. The van der Waals surface area contributed by atoms with Crippen molar-refractivity contribution in [3.8, 4) is 56.4 Å². The average molecular weight is 715 g/mol. The first kappa shape index (κ1) is 31.9. The molecule has 0 N–H and O–H groups in total. The van der Waals surface area contributed by atoms with Gasteiger partial charge in [-0.2, -0.15) is 0 Å². The van der Waals surface area contributed by atoms with E-state index in [1.54, 1.807) is 0 Å². The van der Waals surface area contributed by atoms with Crippen LogP contribution in [0.25, 0.3) is 100 Å². The topological polar surface area (TPSA) is 35.6 Å². The summed E-state index contributed by atoms with van der Waals surface area (Å²) in [5, 5.41) is 4.76. The number of para-hydroxylation sites is 5. The van der Waals surface area contributed by atoms with E-state index >= 15 is 0 Å². The van der Waals surface area contributed by atoms with E-state index in [4.69, 9.17) is 9.97 Å². The fourth-order valence-electron chi connectivity index (χ4n) is 8.51. The number of hydrogen-bond donors (Lipinski definition) is 0. The molecule has 11 aromatic rings. The zero-order valence-electron chi connectivity index (χ0n) is 30.4. The van der Waals surface area contributed by atoms with Crippen molar-refractivity contribution in [2.75, 3.05) is 0 Å². The molecule has 0 unspecified atom stereocenters. The highest BCUT2D eigenvalue weighted by Crippen LogP contribution is 2.47. The van der Waals surface area contributed by atoms with Crippen LogP contribution in [0.2, 0.25) is 0 Å². The van der Waals surface area contributed by atoms with Crippen molar-refractivity contribution in [2.24, 2.45) is 0 Å². The Balaban J connectivity index is 1.34. The summed E-state index contributed by atoms with van der Waals surface area (Å²) in [6.07, 6.45) is 0. The maximum Gasteiger partial charge on any atom is 0.161 e. The van der Waals surface area contributed by atoms with E-state index in [0.717, 1.165) is 72.6 Å². The first-order valence-corrected chi connectivity index (χ1v) is 19.0. The van der Waals surface area contributed by atoms with Crippen LogP contribution in [0, 0.1) is 0 Å². The third kappa shape index (κ3) is 5.08. The molecule has 0 atom stereocenters. The highest BCUT2D eigenvalue weighted by molar-refractivity contribution is 6.21. The number of nitrogens with zero attached hydrogens (tertiary/aromatic N) is 4.